The van der Waals surface area contributed by atoms with E-state index in [4.69, 9.17) is 0 Å². The molecule has 3 heteroatoms. The number of urea groups is 1. The third-order valence-electron chi connectivity index (χ3n) is 3.40. The first-order valence-corrected chi connectivity index (χ1v) is 6.92. The van der Waals surface area contributed by atoms with Crippen molar-refractivity contribution in [2.24, 2.45) is 0 Å². The number of carbonyl (C=O) groups is 1. The summed E-state index contributed by atoms with van der Waals surface area (Å²) >= 11 is 0. The van der Waals surface area contributed by atoms with Crippen LogP contribution in [0.2, 0.25) is 0 Å². The fourth-order valence-electron chi connectivity index (χ4n) is 2.38. The molecule has 0 radical (unpaired) electrons. The van der Waals surface area contributed by atoms with E-state index in [2.05, 4.69) is 28.8 Å². The summed E-state index contributed by atoms with van der Waals surface area (Å²) in [6, 6.07) is 6.52. The van der Waals surface area contributed by atoms with Gasteiger partial charge in [0, 0.05) is 13.1 Å². The van der Waals surface area contributed by atoms with Crippen LogP contribution in [-0.4, -0.2) is 12.6 Å². The Morgan fingerprint density at radius 2 is 1.94 bits per heavy atom. The van der Waals surface area contributed by atoms with Gasteiger partial charge in [-0.3, -0.25) is 0 Å². The van der Waals surface area contributed by atoms with E-state index in [0.717, 1.165) is 13.0 Å². The zero-order valence-electron chi connectivity index (χ0n) is 11.1. The van der Waals surface area contributed by atoms with Crippen molar-refractivity contribution < 1.29 is 4.79 Å². The Bertz CT molecular complexity index is 415. The van der Waals surface area contributed by atoms with Crippen molar-refractivity contribution in [2.75, 3.05) is 6.54 Å². The minimum absolute atomic E-state index is 0.0745. The van der Waals surface area contributed by atoms with Crippen LogP contribution in [0.5, 0.6) is 0 Å². The van der Waals surface area contributed by atoms with Gasteiger partial charge in [-0.1, -0.05) is 25.1 Å². The number of amides is 2. The summed E-state index contributed by atoms with van der Waals surface area (Å²) in [6.45, 7) is 3.39. The van der Waals surface area contributed by atoms with Crippen LogP contribution < -0.4 is 10.6 Å². The molecule has 2 N–H and O–H groups in total. The van der Waals surface area contributed by atoms with E-state index in [1.165, 1.54) is 42.4 Å². The summed E-state index contributed by atoms with van der Waals surface area (Å²) in [7, 11) is 0. The molecule has 1 aromatic rings. The highest BCUT2D eigenvalue weighted by Gasteiger charge is 2.09. The van der Waals surface area contributed by atoms with Crippen LogP contribution in [0.1, 0.15) is 42.9 Å². The fourth-order valence-corrected chi connectivity index (χ4v) is 2.38. The number of hydrogen-bond acceptors (Lipinski definition) is 1. The monoisotopic (exact) mass is 246 g/mol. The quantitative estimate of drug-likeness (QED) is 0.842. The predicted molar refractivity (Wildman–Crippen MR) is 73.6 cm³/mol. The third kappa shape index (κ3) is 3.49. The van der Waals surface area contributed by atoms with Crippen LogP contribution in [0.15, 0.2) is 18.2 Å². The van der Waals surface area contributed by atoms with Crippen molar-refractivity contribution in [1.29, 1.82) is 0 Å². The van der Waals surface area contributed by atoms with Crippen molar-refractivity contribution in [2.45, 2.75) is 45.6 Å². The van der Waals surface area contributed by atoms with E-state index in [0.29, 0.717) is 6.54 Å². The third-order valence-corrected chi connectivity index (χ3v) is 3.40. The molecule has 0 aromatic heterocycles. The zero-order valence-corrected chi connectivity index (χ0v) is 11.1. The molecule has 0 bridgehead atoms. The zero-order chi connectivity index (χ0) is 12.8. The molecule has 3 nitrogen and oxygen atoms in total. The Morgan fingerprint density at radius 3 is 2.72 bits per heavy atom. The van der Waals surface area contributed by atoms with E-state index >= 15 is 0 Å². The minimum Gasteiger partial charge on any atom is -0.338 e. The van der Waals surface area contributed by atoms with Gasteiger partial charge in [-0.05, 0) is 48.8 Å². The number of carbonyl (C=O) groups excluding carboxylic acids is 1. The molecule has 0 heterocycles. The highest BCUT2D eigenvalue weighted by atomic mass is 16.2. The molecule has 0 fully saturated rings. The van der Waals surface area contributed by atoms with Crippen LogP contribution >= 0.6 is 0 Å². The average molecular weight is 246 g/mol. The van der Waals surface area contributed by atoms with Gasteiger partial charge in [0.25, 0.3) is 0 Å². The van der Waals surface area contributed by atoms with Gasteiger partial charge in [0.15, 0.2) is 0 Å². The molecule has 2 amide bonds. The Labute approximate surface area is 109 Å². The van der Waals surface area contributed by atoms with Crippen LogP contribution in [0.4, 0.5) is 4.79 Å². The van der Waals surface area contributed by atoms with E-state index < -0.39 is 0 Å². The van der Waals surface area contributed by atoms with Gasteiger partial charge in [-0.2, -0.15) is 0 Å². The number of aryl methyl sites for hydroxylation is 2. The Hall–Kier alpha value is -1.51. The molecule has 0 saturated carbocycles. The maximum atomic E-state index is 11.4. The molecule has 0 aliphatic heterocycles. The SMILES string of the molecule is CCCNC(=O)NCc1ccc2c(c1)CCCC2. The molecule has 1 aromatic carbocycles. The first-order chi connectivity index (χ1) is 8.79. The highest BCUT2D eigenvalue weighted by Crippen LogP contribution is 2.22. The molecule has 18 heavy (non-hydrogen) atoms. The van der Waals surface area contributed by atoms with Gasteiger partial charge in [-0.15, -0.1) is 0 Å². The van der Waals surface area contributed by atoms with Gasteiger partial charge in [0.2, 0.25) is 0 Å². The van der Waals surface area contributed by atoms with Crippen molar-refractivity contribution >= 4 is 6.03 Å². The lowest BCUT2D eigenvalue weighted by molar-refractivity contribution is 0.240. The van der Waals surface area contributed by atoms with Crippen molar-refractivity contribution in [1.82, 2.24) is 10.6 Å². The molecule has 98 valence electrons. The smallest absolute Gasteiger partial charge is 0.315 e. The first-order valence-electron chi connectivity index (χ1n) is 6.92. The van der Waals surface area contributed by atoms with Crippen LogP contribution in [-0.2, 0) is 19.4 Å². The molecule has 0 atom stereocenters. The Balaban J connectivity index is 1.88. The second-order valence-electron chi connectivity index (χ2n) is 4.92. The topological polar surface area (TPSA) is 41.1 Å². The number of benzene rings is 1. The lowest BCUT2D eigenvalue weighted by Gasteiger charge is -2.16. The van der Waals surface area contributed by atoms with Crippen molar-refractivity contribution in [3.05, 3.63) is 34.9 Å². The Kier molecular flexibility index (Phi) is 4.62. The average Bonchev–Trinajstić information content (AvgIpc) is 2.42. The molecule has 0 saturated heterocycles. The first kappa shape index (κ1) is 12.9. The van der Waals surface area contributed by atoms with Crippen molar-refractivity contribution in [3.63, 3.8) is 0 Å². The highest BCUT2D eigenvalue weighted by molar-refractivity contribution is 5.73. The number of fused-ring (bicyclic) bond motifs is 1. The molecule has 0 unspecified atom stereocenters. The molecule has 0 spiro atoms. The fraction of sp³-hybridized carbons (Fsp3) is 0.533. The second kappa shape index (κ2) is 6.43. The number of rotatable bonds is 4. The molecule has 2 rings (SSSR count). The summed E-state index contributed by atoms with van der Waals surface area (Å²) in [5.41, 5.74) is 4.15. The normalized spacial score (nSPS) is 13.8. The lowest BCUT2D eigenvalue weighted by Crippen LogP contribution is -2.35. The summed E-state index contributed by atoms with van der Waals surface area (Å²) in [5, 5.41) is 5.71. The van der Waals surface area contributed by atoms with Crippen LogP contribution in [0.25, 0.3) is 0 Å². The van der Waals surface area contributed by atoms with Crippen LogP contribution in [0.3, 0.4) is 0 Å². The summed E-state index contributed by atoms with van der Waals surface area (Å²) in [6.07, 6.45) is 5.96. The lowest BCUT2D eigenvalue weighted by atomic mass is 9.90. The van der Waals surface area contributed by atoms with Gasteiger partial charge < -0.3 is 10.6 Å². The largest absolute Gasteiger partial charge is 0.338 e. The van der Waals surface area contributed by atoms with Crippen LogP contribution in [0, 0.1) is 0 Å². The van der Waals surface area contributed by atoms with Gasteiger partial charge >= 0.3 is 6.03 Å². The molecular weight excluding hydrogens is 224 g/mol. The molecule has 1 aliphatic rings. The van der Waals surface area contributed by atoms with E-state index in [-0.39, 0.29) is 6.03 Å². The summed E-state index contributed by atoms with van der Waals surface area (Å²) < 4.78 is 0. The van der Waals surface area contributed by atoms with E-state index in [1.54, 1.807) is 0 Å². The molecule has 1 aliphatic carbocycles. The molecular formula is C15H22N2O. The maximum Gasteiger partial charge on any atom is 0.315 e. The number of hydrogen-bond donors (Lipinski definition) is 2. The maximum absolute atomic E-state index is 11.4. The minimum atomic E-state index is -0.0745. The number of nitrogens with one attached hydrogen (secondary N) is 2. The van der Waals surface area contributed by atoms with E-state index in [1.807, 2.05) is 6.92 Å². The second-order valence-corrected chi connectivity index (χ2v) is 4.92. The van der Waals surface area contributed by atoms with Gasteiger partial charge in [0.05, 0.1) is 0 Å². The predicted octanol–water partition coefficient (Wildman–Crippen LogP) is 2.77. The summed E-state index contributed by atoms with van der Waals surface area (Å²) in [5.74, 6) is 0. The summed E-state index contributed by atoms with van der Waals surface area (Å²) in [4.78, 5) is 11.4. The standard InChI is InChI=1S/C15H22N2O/c1-2-9-16-15(18)17-11-12-7-8-13-5-3-4-6-14(13)10-12/h7-8,10H,2-6,9,11H2,1H3,(H2,16,17,18). The van der Waals surface area contributed by atoms with E-state index in [9.17, 15) is 4.79 Å². The van der Waals surface area contributed by atoms with Crippen molar-refractivity contribution in [3.8, 4) is 0 Å². The van der Waals surface area contributed by atoms with Gasteiger partial charge in [0.1, 0.15) is 0 Å². The Morgan fingerprint density at radius 1 is 1.17 bits per heavy atom. The van der Waals surface area contributed by atoms with Gasteiger partial charge in [-0.25, -0.2) is 4.79 Å².